The molecule has 0 radical (unpaired) electrons. The van der Waals surface area contributed by atoms with E-state index in [4.69, 9.17) is 0 Å². The Morgan fingerprint density at radius 2 is 1.65 bits per heavy atom. The Hall–Kier alpha value is -2.87. The van der Waals surface area contributed by atoms with Crippen molar-refractivity contribution in [2.24, 2.45) is 0 Å². The largest absolute Gasteiger partial charge is 0.352 e. The van der Waals surface area contributed by atoms with E-state index in [0.29, 0.717) is 25.1 Å². The second kappa shape index (κ2) is 13.1. The van der Waals surface area contributed by atoms with E-state index >= 15 is 0 Å². The molecule has 1 atom stereocenters. The Labute approximate surface area is 222 Å². The fourth-order valence-corrected chi connectivity index (χ4v) is 6.11. The summed E-state index contributed by atoms with van der Waals surface area (Å²) in [5.74, 6) is -0.252. The quantitative estimate of drug-likeness (QED) is 0.433. The Kier molecular flexibility index (Phi) is 10.1. The van der Waals surface area contributed by atoms with Crippen LogP contribution in [0.15, 0.2) is 48.5 Å². The molecule has 0 saturated heterocycles. The number of nitrogens with zero attached hydrogens (tertiary/aromatic N) is 2. The van der Waals surface area contributed by atoms with E-state index in [9.17, 15) is 18.0 Å². The molecule has 1 aliphatic rings. The number of nitrogens with one attached hydrogen (secondary N) is 1. The zero-order chi connectivity index (χ0) is 27.0. The van der Waals surface area contributed by atoms with Gasteiger partial charge in [0.2, 0.25) is 21.8 Å². The fourth-order valence-electron chi connectivity index (χ4n) is 5.17. The molecule has 3 rings (SSSR count). The maximum Gasteiger partial charge on any atom is 0.243 e. The van der Waals surface area contributed by atoms with E-state index in [-0.39, 0.29) is 30.8 Å². The van der Waals surface area contributed by atoms with Crippen molar-refractivity contribution in [3.8, 4) is 0 Å². The average molecular weight is 528 g/mol. The number of amides is 2. The van der Waals surface area contributed by atoms with Crippen LogP contribution in [0.5, 0.6) is 0 Å². The summed E-state index contributed by atoms with van der Waals surface area (Å²) in [6, 6.07) is 15.0. The van der Waals surface area contributed by atoms with Crippen molar-refractivity contribution >= 4 is 27.5 Å². The van der Waals surface area contributed by atoms with Gasteiger partial charge in [-0.2, -0.15) is 0 Å². The highest BCUT2D eigenvalue weighted by atomic mass is 32.2. The van der Waals surface area contributed by atoms with Crippen molar-refractivity contribution in [3.63, 3.8) is 0 Å². The summed E-state index contributed by atoms with van der Waals surface area (Å²) in [5, 5.41) is 3.16. The van der Waals surface area contributed by atoms with Gasteiger partial charge in [-0.15, -0.1) is 0 Å². The topological polar surface area (TPSA) is 86.8 Å². The van der Waals surface area contributed by atoms with E-state index in [0.717, 1.165) is 42.4 Å². The first kappa shape index (κ1) is 28.7. The van der Waals surface area contributed by atoms with E-state index in [1.807, 2.05) is 69.3 Å². The van der Waals surface area contributed by atoms with Crippen LogP contribution >= 0.6 is 0 Å². The molecule has 0 bridgehead atoms. The number of rotatable bonds is 12. The minimum absolute atomic E-state index is 0.105. The molecule has 8 heteroatoms. The van der Waals surface area contributed by atoms with Crippen LogP contribution < -0.4 is 9.62 Å². The molecule has 0 unspecified atom stereocenters. The summed E-state index contributed by atoms with van der Waals surface area (Å²) in [5.41, 5.74) is 3.52. The van der Waals surface area contributed by atoms with Crippen molar-refractivity contribution in [2.75, 3.05) is 17.1 Å². The Morgan fingerprint density at radius 1 is 1.03 bits per heavy atom. The lowest BCUT2D eigenvalue weighted by Gasteiger charge is -2.32. The van der Waals surface area contributed by atoms with Gasteiger partial charge >= 0.3 is 0 Å². The van der Waals surface area contributed by atoms with Gasteiger partial charge in [0.1, 0.15) is 6.04 Å². The van der Waals surface area contributed by atoms with Gasteiger partial charge in [0.05, 0.1) is 11.9 Å². The highest BCUT2D eigenvalue weighted by molar-refractivity contribution is 7.92. The third-order valence-electron chi connectivity index (χ3n) is 6.93. The molecule has 0 heterocycles. The summed E-state index contributed by atoms with van der Waals surface area (Å²) < 4.78 is 26.5. The summed E-state index contributed by atoms with van der Waals surface area (Å²) in [6.07, 6.45) is 6.39. The van der Waals surface area contributed by atoms with Crippen molar-refractivity contribution < 1.29 is 18.0 Å². The molecule has 7 nitrogen and oxygen atoms in total. The average Bonchev–Trinajstić information content (AvgIpc) is 3.33. The molecule has 202 valence electrons. The standard InChI is InChI=1S/C29H41N3O4S/c1-5-27(29(34)30-25-14-9-10-15-25)31(21-24-12-7-6-8-13-24)28(33)16-11-17-32(37(4,35)36)26-19-22(2)18-23(3)20-26/h6-8,12-13,18-20,25,27H,5,9-11,14-17,21H2,1-4H3,(H,30,34)/t27-/m1/s1. The SMILES string of the molecule is CC[C@H](C(=O)NC1CCCC1)N(Cc1ccccc1)C(=O)CCCN(c1cc(C)cc(C)c1)S(C)(=O)=O. The number of sulfonamides is 1. The predicted molar refractivity (Wildman–Crippen MR) is 149 cm³/mol. The lowest BCUT2D eigenvalue weighted by atomic mass is 10.1. The molecule has 0 spiro atoms. The van der Waals surface area contributed by atoms with Crippen molar-refractivity contribution in [1.82, 2.24) is 10.2 Å². The number of carbonyl (C=O) groups is 2. The highest BCUT2D eigenvalue weighted by Crippen LogP contribution is 2.23. The van der Waals surface area contributed by atoms with Crippen molar-refractivity contribution in [2.45, 2.75) is 84.3 Å². The molecular formula is C29H41N3O4S. The number of carbonyl (C=O) groups excluding carboxylic acids is 2. The molecule has 0 aromatic heterocycles. The smallest absolute Gasteiger partial charge is 0.243 e. The minimum atomic E-state index is -3.52. The van der Waals surface area contributed by atoms with Crippen LogP contribution in [0, 0.1) is 13.8 Å². The second-order valence-corrected chi connectivity index (χ2v) is 12.1. The Balaban J connectivity index is 1.75. The second-order valence-electron chi connectivity index (χ2n) is 10.2. The monoisotopic (exact) mass is 527 g/mol. The zero-order valence-electron chi connectivity index (χ0n) is 22.6. The first-order valence-corrected chi connectivity index (χ1v) is 15.1. The normalized spacial score (nSPS) is 14.8. The highest BCUT2D eigenvalue weighted by Gasteiger charge is 2.30. The number of hydrogen-bond donors (Lipinski definition) is 1. The molecule has 2 aromatic carbocycles. The van der Waals surface area contributed by atoms with Crippen LogP contribution in [0.2, 0.25) is 0 Å². The summed E-state index contributed by atoms with van der Waals surface area (Å²) in [6.45, 7) is 6.32. The van der Waals surface area contributed by atoms with Gasteiger partial charge < -0.3 is 10.2 Å². The Morgan fingerprint density at radius 3 is 2.22 bits per heavy atom. The van der Waals surface area contributed by atoms with E-state index in [2.05, 4.69) is 5.32 Å². The van der Waals surface area contributed by atoms with Gasteiger partial charge in [-0.05, 0) is 68.4 Å². The van der Waals surface area contributed by atoms with E-state index in [1.165, 1.54) is 10.6 Å². The molecule has 1 aliphatic carbocycles. The first-order chi connectivity index (χ1) is 17.6. The van der Waals surface area contributed by atoms with Gasteiger partial charge in [0.15, 0.2) is 0 Å². The number of anilines is 1. The van der Waals surface area contributed by atoms with Crippen LogP contribution in [0.1, 0.15) is 68.6 Å². The number of hydrogen-bond acceptors (Lipinski definition) is 4. The maximum absolute atomic E-state index is 13.5. The maximum atomic E-state index is 13.5. The van der Waals surface area contributed by atoms with Gasteiger partial charge in [-0.25, -0.2) is 8.42 Å². The molecule has 2 aromatic rings. The van der Waals surface area contributed by atoms with Gasteiger partial charge in [-0.3, -0.25) is 13.9 Å². The van der Waals surface area contributed by atoms with E-state index in [1.54, 1.807) is 4.90 Å². The molecule has 1 saturated carbocycles. The van der Waals surface area contributed by atoms with Gasteiger partial charge in [-0.1, -0.05) is 56.2 Å². The predicted octanol–water partition coefficient (Wildman–Crippen LogP) is 4.72. The van der Waals surface area contributed by atoms with Crippen LogP contribution in [-0.2, 0) is 26.2 Å². The van der Waals surface area contributed by atoms with Gasteiger partial charge in [0.25, 0.3) is 0 Å². The molecule has 1 fully saturated rings. The van der Waals surface area contributed by atoms with Crippen LogP contribution in [-0.4, -0.2) is 50.0 Å². The lowest BCUT2D eigenvalue weighted by Crippen LogP contribution is -2.51. The number of aryl methyl sites for hydroxylation is 2. The zero-order valence-corrected chi connectivity index (χ0v) is 23.4. The third-order valence-corrected chi connectivity index (χ3v) is 8.12. The molecular weight excluding hydrogens is 486 g/mol. The Bertz CT molecular complexity index is 1140. The fraction of sp³-hybridized carbons (Fsp3) is 0.517. The molecule has 0 aliphatic heterocycles. The van der Waals surface area contributed by atoms with Crippen LogP contribution in [0.25, 0.3) is 0 Å². The molecule has 1 N–H and O–H groups in total. The molecule has 37 heavy (non-hydrogen) atoms. The van der Waals surface area contributed by atoms with Crippen LogP contribution in [0.4, 0.5) is 5.69 Å². The summed E-state index contributed by atoms with van der Waals surface area (Å²) in [4.78, 5) is 28.4. The van der Waals surface area contributed by atoms with Crippen molar-refractivity contribution in [1.29, 1.82) is 0 Å². The van der Waals surface area contributed by atoms with Gasteiger partial charge in [0, 0.05) is 25.6 Å². The third kappa shape index (κ3) is 8.32. The summed E-state index contributed by atoms with van der Waals surface area (Å²) in [7, 11) is -3.52. The van der Waals surface area contributed by atoms with Crippen LogP contribution in [0.3, 0.4) is 0 Å². The molecule has 2 amide bonds. The minimum Gasteiger partial charge on any atom is -0.352 e. The van der Waals surface area contributed by atoms with E-state index < -0.39 is 16.1 Å². The lowest BCUT2D eigenvalue weighted by molar-refractivity contribution is -0.141. The van der Waals surface area contributed by atoms with Crippen molar-refractivity contribution in [3.05, 3.63) is 65.2 Å². The summed E-state index contributed by atoms with van der Waals surface area (Å²) >= 11 is 0. The first-order valence-electron chi connectivity index (χ1n) is 13.3. The number of benzene rings is 2.